The molecule has 0 spiro atoms. The van der Waals surface area contributed by atoms with Gasteiger partial charge in [0.1, 0.15) is 6.29 Å². The number of carbonyl (C=O) groups is 1. The van der Waals surface area contributed by atoms with Crippen LogP contribution in [0.4, 0.5) is 5.69 Å². The Balaban J connectivity index is 2.51. The summed E-state index contributed by atoms with van der Waals surface area (Å²) in [6.45, 7) is 12.3. The van der Waals surface area contributed by atoms with E-state index in [1.54, 1.807) is 0 Å². The zero-order valence-electron chi connectivity index (χ0n) is 13.5. The fraction of sp³-hybridized carbons (Fsp3) is 0.611. The second kappa shape index (κ2) is 5.59. The normalized spacial score (nSPS) is 20.6. The number of hydrogen-bond donors (Lipinski definition) is 0. The lowest BCUT2D eigenvalue weighted by atomic mass is 9.79. The molecule has 0 unspecified atom stereocenters. The van der Waals surface area contributed by atoms with E-state index >= 15 is 0 Å². The number of nitrogens with zero attached hydrogens (tertiary/aromatic N) is 1. The Morgan fingerprint density at radius 2 is 2.10 bits per heavy atom. The minimum absolute atomic E-state index is 0.191. The van der Waals surface area contributed by atoms with Crippen molar-refractivity contribution in [3.05, 3.63) is 28.8 Å². The minimum atomic E-state index is 0.191. The average molecular weight is 273 g/mol. The van der Waals surface area contributed by atoms with E-state index in [2.05, 4.69) is 44.7 Å². The lowest BCUT2D eigenvalue weighted by Gasteiger charge is -2.48. The maximum atomic E-state index is 11.2. The van der Waals surface area contributed by atoms with Gasteiger partial charge in [-0.1, -0.05) is 20.3 Å². The summed E-state index contributed by atoms with van der Waals surface area (Å²) in [4.78, 5) is 13.7. The molecule has 1 aromatic rings. The third-order valence-corrected chi connectivity index (χ3v) is 4.64. The highest BCUT2D eigenvalue weighted by Crippen LogP contribution is 2.44. The quantitative estimate of drug-likeness (QED) is 0.741. The predicted octanol–water partition coefficient (Wildman–Crippen LogP) is 4.70. The van der Waals surface area contributed by atoms with Crippen LogP contribution < -0.4 is 4.90 Å². The third-order valence-electron chi connectivity index (χ3n) is 4.64. The van der Waals surface area contributed by atoms with E-state index in [9.17, 15) is 4.79 Å². The monoisotopic (exact) mass is 273 g/mol. The molecule has 0 bridgehead atoms. The Morgan fingerprint density at radius 3 is 2.70 bits per heavy atom. The predicted molar refractivity (Wildman–Crippen MR) is 85.9 cm³/mol. The van der Waals surface area contributed by atoms with Gasteiger partial charge in [-0.25, -0.2) is 0 Å². The topological polar surface area (TPSA) is 20.3 Å². The molecular weight excluding hydrogens is 246 g/mol. The van der Waals surface area contributed by atoms with Crippen molar-refractivity contribution in [2.45, 2.75) is 65.3 Å². The van der Waals surface area contributed by atoms with Gasteiger partial charge in [-0.3, -0.25) is 4.79 Å². The molecule has 2 heteroatoms. The summed E-state index contributed by atoms with van der Waals surface area (Å²) in [6.07, 6.45) is 4.55. The van der Waals surface area contributed by atoms with Crippen LogP contribution in [0.2, 0.25) is 0 Å². The molecule has 110 valence electrons. The van der Waals surface area contributed by atoms with Gasteiger partial charge in [-0.15, -0.1) is 0 Å². The molecule has 1 aromatic carbocycles. The van der Waals surface area contributed by atoms with E-state index in [0.717, 1.165) is 30.4 Å². The van der Waals surface area contributed by atoms with Crippen molar-refractivity contribution < 1.29 is 4.79 Å². The van der Waals surface area contributed by atoms with Crippen molar-refractivity contribution in [1.82, 2.24) is 0 Å². The van der Waals surface area contributed by atoms with E-state index in [4.69, 9.17) is 0 Å². The Labute approximate surface area is 123 Å². The van der Waals surface area contributed by atoms with Crippen LogP contribution in [0, 0.1) is 6.92 Å². The number of carbonyl (C=O) groups excluding carboxylic acids is 1. The molecule has 0 N–H and O–H groups in total. The highest BCUT2D eigenvalue weighted by Gasteiger charge is 2.36. The maximum Gasteiger partial charge on any atom is 0.150 e. The van der Waals surface area contributed by atoms with Gasteiger partial charge in [0, 0.05) is 23.3 Å². The lowest BCUT2D eigenvalue weighted by molar-refractivity contribution is 0.112. The van der Waals surface area contributed by atoms with Crippen molar-refractivity contribution in [2.75, 3.05) is 11.4 Å². The Hall–Kier alpha value is -1.31. The molecule has 2 nitrogen and oxygen atoms in total. The zero-order chi connectivity index (χ0) is 14.9. The summed E-state index contributed by atoms with van der Waals surface area (Å²) < 4.78 is 0. The Bertz CT molecular complexity index is 504. The van der Waals surface area contributed by atoms with Gasteiger partial charge < -0.3 is 4.90 Å². The van der Waals surface area contributed by atoms with Crippen LogP contribution in [0.1, 0.15) is 74.4 Å². The molecule has 1 aliphatic heterocycles. The van der Waals surface area contributed by atoms with Crippen LogP contribution in [0.15, 0.2) is 12.1 Å². The maximum absolute atomic E-state index is 11.2. The summed E-state index contributed by atoms with van der Waals surface area (Å²) in [7, 11) is 0. The molecule has 20 heavy (non-hydrogen) atoms. The number of unbranched alkanes of at least 4 members (excludes halogenated alkanes) is 1. The zero-order valence-corrected chi connectivity index (χ0v) is 13.5. The largest absolute Gasteiger partial charge is 0.366 e. The first-order chi connectivity index (χ1) is 9.40. The summed E-state index contributed by atoms with van der Waals surface area (Å²) >= 11 is 0. The third kappa shape index (κ3) is 2.61. The molecule has 0 saturated carbocycles. The lowest BCUT2D eigenvalue weighted by Crippen LogP contribution is -2.48. The van der Waals surface area contributed by atoms with Crippen molar-refractivity contribution >= 4 is 12.0 Å². The number of rotatable bonds is 4. The number of anilines is 1. The SMILES string of the molecule is CCCCN1c2cc(C)c(C=O)cc2[C@@H](C)CC1(C)C. The summed E-state index contributed by atoms with van der Waals surface area (Å²) in [6, 6.07) is 4.32. The van der Waals surface area contributed by atoms with E-state index in [1.165, 1.54) is 24.1 Å². The number of benzene rings is 1. The second-order valence-electron chi connectivity index (χ2n) is 6.81. The second-order valence-corrected chi connectivity index (χ2v) is 6.81. The number of aldehydes is 1. The number of hydrogen-bond acceptors (Lipinski definition) is 2. The highest BCUT2D eigenvalue weighted by molar-refractivity contribution is 5.80. The Kier molecular flexibility index (Phi) is 4.22. The molecule has 0 aromatic heterocycles. The number of fused-ring (bicyclic) bond motifs is 1. The smallest absolute Gasteiger partial charge is 0.150 e. The molecule has 1 atom stereocenters. The number of aryl methyl sites for hydroxylation is 1. The first kappa shape index (κ1) is 15.1. The van der Waals surface area contributed by atoms with E-state index < -0.39 is 0 Å². The van der Waals surface area contributed by atoms with Crippen LogP contribution in [-0.2, 0) is 0 Å². The summed E-state index contributed by atoms with van der Waals surface area (Å²) in [5, 5.41) is 0. The average Bonchev–Trinajstić information content (AvgIpc) is 2.37. The molecule has 2 rings (SSSR count). The summed E-state index contributed by atoms with van der Waals surface area (Å²) in [5.41, 5.74) is 4.80. The van der Waals surface area contributed by atoms with E-state index in [1.807, 2.05) is 6.92 Å². The molecule has 0 saturated heterocycles. The first-order valence-corrected chi connectivity index (χ1v) is 7.78. The van der Waals surface area contributed by atoms with Crippen molar-refractivity contribution in [1.29, 1.82) is 0 Å². The van der Waals surface area contributed by atoms with Crippen molar-refractivity contribution in [3.8, 4) is 0 Å². The van der Waals surface area contributed by atoms with Gasteiger partial charge in [0.2, 0.25) is 0 Å². The van der Waals surface area contributed by atoms with Gasteiger partial charge >= 0.3 is 0 Å². The molecule has 1 aliphatic rings. The molecule has 0 aliphatic carbocycles. The van der Waals surface area contributed by atoms with Crippen molar-refractivity contribution in [2.24, 2.45) is 0 Å². The van der Waals surface area contributed by atoms with Crippen molar-refractivity contribution in [3.63, 3.8) is 0 Å². The fourth-order valence-electron chi connectivity index (χ4n) is 3.52. The summed E-state index contributed by atoms with van der Waals surface area (Å²) in [5.74, 6) is 0.511. The van der Waals surface area contributed by atoms with Crippen LogP contribution in [-0.4, -0.2) is 18.4 Å². The van der Waals surface area contributed by atoms with Crippen LogP contribution in [0.5, 0.6) is 0 Å². The molecular formula is C18H27NO. The van der Waals surface area contributed by atoms with Gasteiger partial charge in [0.05, 0.1) is 0 Å². The van der Waals surface area contributed by atoms with E-state index in [0.29, 0.717) is 5.92 Å². The van der Waals surface area contributed by atoms with Crippen LogP contribution in [0.25, 0.3) is 0 Å². The van der Waals surface area contributed by atoms with Gasteiger partial charge in [-0.2, -0.15) is 0 Å². The van der Waals surface area contributed by atoms with Crippen LogP contribution in [0.3, 0.4) is 0 Å². The standard InChI is InChI=1S/C18H27NO/c1-6-7-8-19-17-9-13(2)15(12-20)10-16(17)14(3)11-18(19,4)5/h9-10,12,14H,6-8,11H2,1-5H3/t14-/m0/s1. The highest BCUT2D eigenvalue weighted by atomic mass is 16.1. The molecule has 0 radical (unpaired) electrons. The fourth-order valence-corrected chi connectivity index (χ4v) is 3.52. The van der Waals surface area contributed by atoms with Gasteiger partial charge in [0.25, 0.3) is 0 Å². The van der Waals surface area contributed by atoms with E-state index in [-0.39, 0.29) is 5.54 Å². The van der Waals surface area contributed by atoms with Gasteiger partial charge in [-0.05, 0) is 62.8 Å². The first-order valence-electron chi connectivity index (χ1n) is 7.78. The molecule has 0 fully saturated rings. The Morgan fingerprint density at radius 1 is 1.40 bits per heavy atom. The minimum Gasteiger partial charge on any atom is -0.366 e. The molecule has 1 heterocycles. The van der Waals surface area contributed by atoms with Gasteiger partial charge in [0.15, 0.2) is 0 Å². The van der Waals surface area contributed by atoms with Crippen LogP contribution >= 0.6 is 0 Å². The molecule has 0 amide bonds.